The van der Waals surface area contributed by atoms with Crippen LogP contribution >= 0.6 is 0 Å². The molecule has 0 spiro atoms. The second-order valence-corrected chi connectivity index (χ2v) is 8.00. The van der Waals surface area contributed by atoms with Gasteiger partial charge >= 0.3 is 5.76 Å². The fourth-order valence-corrected chi connectivity index (χ4v) is 4.35. The first-order valence-corrected chi connectivity index (χ1v) is 9.76. The Bertz CT molecular complexity index is 923. The van der Waals surface area contributed by atoms with Crippen molar-refractivity contribution in [3.8, 4) is 0 Å². The van der Waals surface area contributed by atoms with Crippen LogP contribution in [0.1, 0.15) is 26.2 Å². The van der Waals surface area contributed by atoms with Gasteiger partial charge in [0, 0.05) is 32.6 Å². The molecule has 9 heteroatoms. The molecule has 1 aromatic heterocycles. The normalized spacial score (nSPS) is 16.4. The van der Waals surface area contributed by atoms with Gasteiger partial charge in [-0.25, -0.2) is 13.2 Å². The van der Waals surface area contributed by atoms with Gasteiger partial charge < -0.3 is 9.32 Å². The minimum Gasteiger partial charge on any atom is -0.408 e. The molecule has 1 aliphatic rings. The molecule has 2 heterocycles. The van der Waals surface area contributed by atoms with Crippen LogP contribution in [0, 0.1) is 0 Å². The van der Waals surface area contributed by atoms with E-state index in [2.05, 4.69) is 4.98 Å². The highest BCUT2D eigenvalue weighted by atomic mass is 32.2. The highest BCUT2D eigenvalue weighted by molar-refractivity contribution is 7.89. The lowest BCUT2D eigenvalue weighted by Crippen LogP contribution is -2.50. The number of fused-ring (bicyclic) bond motifs is 1. The molecule has 1 N–H and O–H groups in total. The van der Waals surface area contributed by atoms with Crippen LogP contribution in [0.25, 0.3) is 11.1 Å². The van der Waals surface area contributed by atoms with Crippen LogP contribution in [0.3, 0.4) is 0 Å². The second-order valence-electron chi connectivity index (χ2n) is 6.06. The van der Waals surface area contributed by atoms with Crippen LogP contribution in [0.2, 0.25) is 0 Å². The maximum atomic E-state index is 12.8. The van der Waals surface area contributed by atoms with Crippen molar-refractivity contribution in [2.24, 2.45) is 0 Å². The van der Waals surface area contributed by atoms with Crippen molar-refractivity contribution in [1.82, 2.24) is 14.2 Å². The van der Waals surface area contributed by atoms with E-state index in [0.717, 1.165) is 12.8 Å². The SMILES string of the molecule is CCCCC(=O)N1CCN(S(=O)(=O)c2ccc3oc(=O)[nH]c3c2)CC1. The summed E-state index contributed by atoms with van der Waals surface area (Å²) in [6, 6.07) is 4.28. The van der Waals surface area contributed by atoms with Crippen LogP contribution < -0.4 is 5.76 Å². The van der Waals surface area contributed by atoms with Gasteiger partial charge in [-0.05, 0) is 24.6 Å². The Kier molecular flexibility index (Phi) is 4.96. The van der Waals surface area contributed by atoms with Gasteiger partial charge in [0.1, 0.15) is 0 Å². The summed E-state index contributed by atoms with van der Waals surface area (Å²) in [7, 11) is -3.68. The second kappa shape index (κ2) is 7.01. The summed E-state index contributed by atoms with van der Waals surface area (Å²) in [5.41, 5.74) is 0.662. The van der Waals surface area contributed by atoms with E-state index in [4.69, 9.17) is 4.42 Å². The fourth-order valence-electron chi connectivity index (χ4n) is 2.90. The predicted octanol–water partition coefficient (Wildman–Crippen LogP) is 1.14. The summed E-state index contributed by atoms with van der Waals surface area (Å²) in [6.07, 6.45) is 2.31. The Morgan fingerprint density at radius 2 is 1.96 bits per heavy atom. The van der Waals surface area contributed by atoms with Crippen molar-refractivity contribution in [3.63, 3.8) is 0 Å². The number of aromatic amines is 1. The summed E-state index contributed by atoms with van der Waals surface area (Å²) < 4.78 is 31.8. The van der Waals surface area contributed by atoms with E-state index < -0.39 is 15.8 Å². The van der Waals surface area contributed by atoms with Gasteiger partial charge in [0.25, 0.3) is 0 Å². The van der Waals surface area contributed by atoms with Crippen molar-refractivity contribution in [2.75, 3.05) is 26.2 Å². The molecule has 3 rings (SSSR count). The van der Waals surface area contributed by atoms with Crippen molar-refractivity contribution in [3.05, 3.63) is 28.7 Å². The number of unbranched alkanes of at least 4 members (excludes halogenated alkanes) is 1. The Hall–Kier alpha value is -2.13. The highest BCUT2D eigenvalue weighted by Crippen LogP contribution is 2.21. The molecular weight excluding hydrogens is 346 g/mol. The number of sulfonamides is 1. The maximum Gasteiger partial charge on any atom is 0.417 e. The number of oxazole rings is 1. The minimum absolute atomic E-state index is 0.0799. The predicted molar refractivity (Wildman–Crippen MR) is 91.7 cm³/mol. The van der Waals surface area contributed by atoms with Crippen LogP contribution in [0.5, 0.6) is 0 Å². The molecule has 1 amide bonds. The number of hydrogen-bond acceptors (Lipinski definition) is 5. The zero-order valence-electron chi connectivity index (χ0n) is 14.0. The Morgan fingerprint density at radius 1 is 1.24 bits per heavy atom. The van der Waals surface area contributed by atoms with Gasteiger partial charge in [-0.1, -0.05) is 13.3 Å². The number of carbonyl (C=O) groups excluding carboxylic acids is 1. The van der Waals surface area contributed by atoms with E-state index in [1.54, 1.807) is 4.90 Å². The molecule has 1 aromatic carbocycles. The molecule has 136 valence electrons. The Balaban J connectivity index is 1.72. The molecular formula is C16H21N3O5S. The van der Waals surface area contributed by atoms with Gasteiger partial charge in [-0.3, -0.25) is 9.78 Å². The number of piperazine rings is 1. The third-order valence-corrected chi connectivity index (χ3v) is 6.26. The first kappa shape index (κ1) is 17.7. The molecule has 0 unspecified atom stereocenters. The van der Waals surface area contributed by atoms with E-state index in [1.165, 1.54) is 22.5 Å². The minimum atomic E-state index is -3.68. The fraction of sp³-hybridized carbons (Fsp3) is 0.500. The largest absolute Gasteiger partial charge is 0.417 e. The smallest absolute Gasteiger partial charge is 0.408 e. The average Bonchev–Trinajstić information content (AvgIpc) is 2.98. The zero-order valence-corrected chi connectivity index (χ0v) is 14.8. The molecule has 1 aliphatic heterocycles. The van der Waals surface area contributed by atoms with E-state index in [9.17, 15) is 18.0 Å². The monoisotopic (exact) mass is 367 g/mol. The Labute approximate surface area is 145 Å². The molecule has 0 saturated carbocycles. The first-order chi connectivity index (χ1) is 11.9. The molecule has 0 atom stereocenters. The van der Waals surface area contributed by atoms with Gasteiger partial charge in [0.05, 0.1) is 10.4 Å². The summed E-state index contributed by atoms with van der Waals surface area (Å²) in [5.74, 6) is -0.542. The third-order valence-electron chi connectivity index (χ3n) is 4.36. The number of rotatable bonds is 5. The topological polar surface area (TPSA) is 104 Å². The molecule has 2 aromatic rings. The lowest BCUT2D eigenvalue weighted by Gasteiger charge is -2.34. The molecule has 25 heavy (non-hydrogen) atoms. The molecule has 0 aliphatic carbocycles. The number of aromatic nitrogens is 1. The zero-order chi connectivity index (χ0) is 18.0. The number of carbonyl (C=O) groups is 1. The van der Waals surface area contributed by atoms with E-state index in [0.29, 0.717) is 30.6 Å². The number of amides is 1. The standard InChI is InChI=1S/C16H21N3O5S/c1-2-3-4-15(20)18-7-9-19(10-8-18)25(22,23)12-5-6-14-13(11-12)17-16(21)24-14/h5-6,11H,2-4,7-10H2,1H3,(H,17,21). The van der Waals surface area contributed by atoms with Crippen LogP contribution in [-0.4, -0.2) is 54.7 Å². The van der Waals surface area contributed by atoms with Crippen LogP contribution in [-0.2, 0) is 14.8 Å². The number of nitrogens with one attached hydrogen (secondary N) is 1. The molecule has 8 nitrogen and oxygen atoms in total. The van der Waals surface area contributed by atoms with Crippen LogP contribution in [0.15, 0.2) is 32.3 Å². The molecule has 1 fully saturated rings. The molecule has 0 radical (unpaired) electrons. The third kappa shape index (κ3) is 3.62. The molecule has 1 saturated heterocycles. The van der Waals surface area contributed by atoms with E-state index in [1.807, 2.05) is 6.92 Å². The summed E-state index contributed by atoms with van der Waals surface area (Å²) in [6.45, 7) is 3.35. The highest BCUT2D eigenvalue weighted by Gasteiger charge is 2.30. The summed E-state index contributed by atoms with van der Waals surface area (Å²) >= 11 is 0. The van der Waals surface area contributed by atoms with Gasteiger partial charge in [-0.15, -0.1) is 0 Å². The van der Waals surface area contributed by atoms with Gasteiger partial charge in [-0.2, -0.15) is 4.31 Å². The maximum absolute atomic E-state index is 12.8. The van der Waals surface area contributed by atoms with E-state index in [-0.39, 0.29) is 23.9 Å². The average molecular weight is 367 g/mol. The van der Waals surface area contributed by atoms with Crippen molar-refractivity contribution < 1.29 is 17.6 Å². The Morgan fingerprint density at radius 3 is 2.64 bits per heavy atom. The summed E-state index contributed by atoms with van der Waals surface area (Å²) in [5, 5.41) is 0. The van der Waals surface area contributed by atoms with Gasteiger partial charge in [0.15, 0.2) is 5.58 Å². The van der Waals surface area contributed by atoms with Crippen LogP contribution in [0.4, 0.5) is 0 Å². The molecule has 0 bridgehead atoms. The van der Waals surface area contributed by atoms with Crippen molar-refractivity contribution in [2.45, 2.75) is 31.1 Å². The first-order valence-electron chi connectivity index (χ1n) is 8.32. The van der Waals surface area contributed by atoms with Crippen molar-refractivity contribution in [1.29, 1.82) is 0 Å². The van der Waals surface area contributed by atoms with Crippen molar-refractivity contribution >= 4 is 27.0 Å². The number of hydrogen-bond donors (Lipinski definition) is 1. The van der Waals surface area contributed by atoms with E-state index >= 15 is 0 Å². The lowest BCUT2D eigenvalue weighted by atomic mass is 10.2. The van der Waals surface area contributed by atoms with Gasteiger partial charge in [0.2, 0.25) is 15.9 Å². The number of nitrogens with zero attached hydrogens (tertiary/aromatic N) is 2. The number of benzene rings is 1. The lowest BCUT2D eigenvalue weighted by molar-refractivity contribution is -0.132. The number of H-pyrrole nitrogens is 1. The quantitative estimate of drug-likeness (QED) is 0.854. The summed E-state index contributed by atoms with van der Waals surface area (Å²) in [4.78, 5) is 27.5.